The van der Waals surface area contributed by atoms with Crippen molar-refractivity contribution in [3.05, 3.63) is 37.9 Å². The second kappa shape index (κ2) is 10.6. The number of hydrogen-bond acceptors (Lipinski definition) is 10. The number of anilines is 1. The predicted molar refractivity (Wildman–Crippen MR) is 110 cm³/mol. The van der Waals surface area contributed by atoms with Crippen LogP contribution in [0.1, 0.15) is 24.2 Å². The molecule has 15 heteroatoms. The number of carbonyl (C=O) groups excluding carboxylic acids is 1. The number of nitro benzene ring substituents is 2. The minimum Gasteiger partial charge on any atom is -0.392 e. The number of nitro groups is 2. The van der Waals surface area contributed by atoms with E-state index in [0.29, 0.717) is 6.07 Å². The van der Waals surface area contributed by atoms with E-state index in [9.17, 15) is 38.5 Å². The van der Waals surface area contributed by atoms with Gasteiger partial charge in [-0.1, -0.05) is 15.9 Å². The SMILES string of the molecule is CC(O)CNC(=O)c1cc([N+](=O)[O-])cc([N+](=O)[O-])c1N(CCBr)C(C)OS(C)(=O)=O. The van der Waals surface area contributed by atoms with Crippen molar-refractivity contribution >= 4 is 49.0 Å². The minimum absolute atomic E-state index is 0.0357. The van der Waals surface area contributed by atoms with Crippen LogP contribution < -0.4 is 10.2 Å². The van der Waals surface area contributed by atoms with Crippen LogP contribution in [0.25, 0.3) is 0 Å². The van der Waals surface area contributed by atoms with Gasteiger partial charge >= 0.3 is 0 Å². The summed E-state index contributed by atoms with van der Waals surface area (Å²) in [5.41, 5.74) is -2.29. The van der Waals surface area contributed by atoms with Crippen molar-refractivity contribution in [3.8, 4) is 0 Å². The topological polar surface area (TPSA) is 182 Å². The van der Waals surface area contributed by atoms with E-state index in [-0.39, 0.29) is 24.1 Å². The Labute approximate surface area is 180 Å². The lowest BCUT2D eigenvalue weighted by molar-refractivity contribution is -0.393. The van der Waals surface area contributed by atoms with Gasteiger partial charge in [0.05, 0.1) is 33.8 Å². The number of hydrogen-bond donors (Lipinski definition) is 2. The van der Waals surface area contributed by atoms with E-state index in [1.807, 2.05) is 0 Å². The molecular formula is C15H21BrN4O9S. The van der Waals surface area contributed by atoms with Gasteiger partial charge in [0.1, 0.15) is 11.9 Å². The Balaban J connectivity index is 3.76. The second-order valence-electron chi connectivity index (χ2n) is 6.22. The van der Waals surface area contributed by atoms with Crippen LogP contribution in [0.2, 0.25) is 0 Å². The van der Waals surface area contributed by atoms with E-state index < -0.39 is 55.1 Å². The van der Waals surface area contributed by atoms with Crippen LogP contribution in [0.4, 0.5) is 17.1 Å². The lowest BCUT2D eigenvalue weighted by Gasteiger charge is -2.30. The van der Waals surface area contributed by atoms with Gasteiger partial charge in [0, 0.05) is 24.5 Å². The zero-order valence-corrected chi connectivity index (χ0v) is 18.7. The Morgan fingerprint density at radius 3 is 2.33 bits per heavy atom. The van der Waals surface area contributed by atoms with Gasteiger partial charge in [-0.3, -0.25) is 25.0 Å². The molecule has 0 heterocycles. The minimum atomic E-state index is -3.97. The van der Waals surface area contributed by atoms with Gasteiger partial charge in [-0.15, -0.1) is 0 Å². The van der Waals surface area contributed by atoms with Crippen LogP contribution in [-0.4, -0.2) is 66.3 Å². The van der Waals surface area contributed by atoms with Gasteiger partial charge in [0.25, 0.3) is 27.4 Å². The molecule has 0 radical (unpaired) electrons. The highest BCUT2D eigenvalue weighted by Crippen LogP contribution is 2.37. The summed E-state index contributed by atoms with van der Waals surface area (Å²) in [6, 6.07) is 1.52. The summed E-state index contributed by atoms with van der Waals surface area (Å²) in [5.74, 6) is -0.927. The summed E-state index contributed by atoms with van der Waals surface area (Å²) >= 11 is 3.15. The van der Waals surface area contributed by atoms with E-state index in [0.717, 1.165) is 17.2 Å². The quantitative estimate of drug-likeness (QED) is 0.143. The molecule has 0 spiro atoms. The van der Waals surface area contributed by atoms with Crippen LogP contribution in [0.5, 0.6) is 0 Å². The molecule has 2 unspecified atom stereocenters. The summed E-state index contributed by atoms with van der Waals surface area (Å²) in [7, 11) is -3.97. The molecule has 30 heavy (non-hydrogen) atoms. The molecule has 1 aromatic carbocycles. The van der Waals surface area contributed by atoms with Gasteiger partial charge in [-0.25, -0.2) is 4.18 Å². The molecule has 0 aliphatic heterocycles. The first-order valence-electron chi connectivity index (χ1n) is 8.42. The van der Waals surface area contributed by atoms with Crippen molar-refractivity contribution in [1.82, 2.24) is 5.32 Å². The maximum absolute atomic E-state index is 12.7. The number of nitrogens with one attached hydrogen (secondary N) is 1. The van der Waals surface area contributed by atoms with Gasteiger partial charge < -0.3 is 15.3 Å². The molecule has 1 aromatic rings. The van der Waals surface area contributed by atoms with E-state index in [1.165, 1.54) is 13.8 Å². The molecule has 0 bridgehead atoms. The molecule has 0 aliphatic carbocycles. The van der Waals surface area contributed by atoms with Crippen LogP contribution in [0.15, 0.2) is 12.1 Å². The first-order valence-corrected chi connectivity index (χ1v) is 11.4. The molecule has 0 fully saturated rings. The Hall–Kier alpha value is -2.36. The van der Waals surface area contributed by atoms with Crippen LogP contribution in [-0.2, 0) is 14.3 Å². The van der Waals surface area contributed by atoms with Crippen molar-refractivity contribution in [3.63, 3.8) is 0 Å². The summed E-state index contributed by atoms with van der Waals surface area (Å²) in [6.45, 7) is 2.43. The number of rotatable bonds is 11. The third-order valence-electron chi connectivity index (χ3n) is 3.65. The number of alkyl halides is 1. The summed E-state index contributed by atoms with van der Waals surface area (Å²) in [5, 5.41) is 34.8. The lowest BCUT2D eigenvalue weighted by atomic mass is 10.1. The van der Waals surface area contributed by atoms with E-state index in [4.69, 9.17) is 4.18 Å². The Morgan fingerprint density at radius 1 is 1.30 bits per heavy atom. The standard InChI is InChI=1S/C15H21BrN4O9S/c1-9(21)8-17-15(22)12-6-11(19(23)24)7-13(20(25)26)14(12)18(5-4-16)10(2)29-30(3,27)28/h6-7,9-10,21H,4-5,8H2,1-3H3,(H,17,22). The molecule has 1 rings (SSSR count). The monoisotopic (exact) mass is 512 g/mol. The van der Waals surface area contributed by atoms with E-state index >= 15 is 0 Å². The molecule has 1 amide bonds. The molecule has 0 aliphatic rings. The number of aliphatic hydroxyl groups is 1. The molecular weight excluding hydrogens is 492 g/mol. The van der Waals surface area contributed by atoms with Crippen molar-refractivity contribution < 1.29 is 32.3 Å². The van der Waals surface area contributed by atoms with Gasteiger partial charge in [-0.05, 0) is 13.8 Å². The third kappa shape index (κ3) is 7.16. The first-order chi connectivity index (χ1) is 13.8. The number of benzene rings is 1. The fourth-order valence-electron chi connectivity index (χ4n) is 2.53. The largest absolute Gasteiger partial charge is 0.392 e. The molecule has 2 N–H and O–H groups in total. The Kier molecular flexibility index (Phi) is 9.08. The number of halogens is 1. The highest BCUT2D eigenvalue weighted by molar-refractivity contribution is 9.09. The summed E-state index contributed by atoms with van der Waals surface area (Å²) in [6.07, 6.45) is -1.44. The van der Waals surface area contributed by atoms with Crippen molar-refractivity contribution in [2.75, 3.05) is 29.6 Å². The summed E-state index contributed by atoms with van der Waals surface area (Å²) < 4.78 is 28.0. The van der Waals surface area contributed by atoms with E-state index in [1.54, 1.807) is 0 Å². The average molecular weight is 513 g/mol. The maximum atomic E-state index is 12.7. The lowest BCUT2D eigenvalue weighted by Crippen LogP contribution is -2.40. The first kappa shape index (κ1) is 25.7. The highest BCUT2D eigenvalue weighted by Gasteiger charge is 2.34. The molecule has 0 aromatic heterocycles. The fourth-order valence-corrected chi connectivity index (χ4v) is 3.52. The smallest absolute Gasteiger partial charge is 0.300 e. The number of carbonyl (C=O) groups is 1. The van der Waals surface area contributed by atoms with Crippen LogP contribution in [0, 0.1) is 20.2 Å². The maximum Gasteiger partial charge on any atom is 0.300 e. The Morgan fingerprint density at radius 2 is 1.90 bits per heavy atom. The molecule has 2 atom stereocenters. The number of nitrogens with zero attached hydrogens (tertiary/aromatic N) is 3. The number of aliphatic hydroxyl groups excluding tert-OH is 1. The zero-order chi connectivity index (χ0) is 23.2. The molecule has 0 saturated heterocycles. The van der Waals surface area contributed by atoms with Crippen LogP contribution >= 0.6 is 15.9 Å². The predicted octanol–water partition coefficient (Wildman–Crippen LogP) is 1.14. The number of amides is 1. The van der Waals surface area contributed by atoms with E-state index in [2.05, 4.69) is 21.2 Å². The van der Waals surface area contributed by atoms with Crippen molar-refractivity contribution in [2.45, 2.75) is 26.2 Å². The fraction of sp³-hybridized carbons (Fsp3) is 0.533. The number of non-ortho nitro benzene ring substituents is 1. The normalized spacial score (nSPS) is 13.4. The molecule has 0 saturated carbocycles. The molecule has 13 nitrogen and oxygen atoms in total. The highest BCUT2D eigenvalue weighted by atomic mass is 79.9. The second-order valence-corrected chi connectivity index (χ2v) is 8.61. The van der Waals surface area contributed by atoms with Gasteiger partial charge in [0.15, 0.2) is 0 Å². The summed E-state index contributed by atoms with van der Waals surface area (Å²) in [4.78, 5) is 34.9. The molecule has 168 valence electrons. The van der Waals surface area contributed by atoms with Crippen molar-refractivity contribution in [1.29, 1.82) is 0 Å². The Bertz CT molecular complexity index is 923. The third-order valence-corrected chi connectivity index (χ3v) is 4.63. The average Bonchev–Trinajstić information content (AvgIpc) is 2.61. The van der Waals surface area contributed by atoms with Gasteiger partial charge in [0.2, 0.25) is 0 Å². The van der Waals surface area contributed by atoms with Crippen LogP contribution in [0.3, 0.4) is 0 Å². The zero-order valence-electron chi connectivity index (χ0n) is 16.3. The van der Waals surface area contributed by atoms with Gasteiger partial charge in [-0.2, -0.15) is 8.42 Å². The van der Waals surface area contributed by atoms with Crippen molar-refractivity contribution in [2.24, 2.45) is 0 Å².